The highest BCUT2D eigenvalue weighted by Crippen LogP contribution is 2.26. The van der Waals surface area contributed by atoms with Crippen LogP contribution in [0.15, 0.2) is 60.9 Å². The Morgan fingerprint density at radius 3 is 2.75 bits per heavy atom. The first-order valence-electron chi connectivity index (χ1n) is 6.41. The van der Waals surface area contributed by atoms with Crippen molar-refractivity contribution in [2.45, 2.75) is 0 Å². The van der Waals surface area contributed by atoms with Crippen LogP contribution in [0.1, 0.15) is 0 Å². The Bertz CT molecular complexity index is 919. The van der Waals surface area contributed by atoms with Crippen molar-refractivity contribution in [2.24, 2.45) is 0 Å². The smallest absolute Gasteiger partial charge is 0.0762 e. The van der Waals surface area contributed by atoms with Crippen molar-refractivity contribution < 1.29 is 0 Å². The molecule has 20 heavy (non-hydrogen) atoms. The van der Waals surface area contributed by atoms with Crippen molar-refractivity contribution in [1.29, 1.82) is 0 Å². The van der Waals surface area contributed by atoms with Crippen LogP contribution in [-0.2, 0) is 0 Å². The minimum Gasteiger partial charge on any atom is -0.398 e. The van der Waals surface area contributed by atoms with E-state index in [0.717, 1.165) is 33.2 Å². The fourth-order valence-corrected chi connectivity index (χ4v) is 2.54. The summed E-state index contributed by atoms with van der Waals surface area (Å²) < 4.78 is 1.91. The van der Waals surface area contributed by atoms with Gasteiger partial charge in [-0.05, 0) is 36.4 Å². The van der Waals surface area contributed by atoms with Crippen molar-refractivity contribution in [1.82, 2.24) is 14.8 Å². The van der Waals surface area contributed by atoms with E-state index >= 15 is 0 Å². The first kappa shape index (κ1) is 11.0. The van der Waals surface area contributed by atoms with Crippen LogP contribution in [0.3, 0.4) is 0 Å². The first-order valence-corrected chi connectivity index (χ1v) is 6.41. The second-order valence-electron chi connectivity index (χ2n) is 4.68. The van der Waals surface area contributed by atoms with Crippen LogP contribution < -0.4 is 5.73 Å². The Morgan fingerprint density at radius 2 is 1.80 bits per heavy atom. The third-order valence-corrected chi connectivity index (χ3v) is 3.50. The first-order chi connectivity index (χ1) is 9.84. The number of benzene rings is 2. The third kappa shape index (κ3) is 1.48. The number of anilines is 1. The van der Waals surface area contributed by atoms with Crippen LogP contribution in [0.2, 0.25) is 0 Å². The van der Waals surface area contributed by atoms with Gasteiger partial charge in [-0.25, -0.2) is 4.68 Å². The molecule has 0 radical (unpaired) electrons. The lowest BCUT2D eigenvalue weighted by atomic mass is 10.1. The molecule has 2 aromatic carbocycles. The quantitative estimate of drug-likeness (QED) is 0.535. The lowest BCUT2D eigenvalue weighted by Gasteiger charge is -2.07. The van der Waals surface area contributed by atoms with E-state index in [1.807, 2.05) is 47.1 Å². The fourth-order valence-electron chi connectivity index (χ4n) is 2.54. The maximum atomic E-state index is 5.99. The zero-order valence-electron chi connectivity index (χ0n) is 10.7. The highest BCUT2D eigenvalue weighted by molar-refractivity contribution is 5.94. The molecule has 4 nitrogen and oxygen atoms in total. The van der Waals surface area contributed by atoms with E-state index in [-0.39, 0.29) is 0 Å². The second-order valence-corrected chi connectivity index (χ2v) is 4.68. The number of nitrogen functional groups attached to an aromatic ring is 1. The number of rotatable bonds is 1. The number of fused-ring (bicyclic) bond motifs is 2. The molecule has 0 fully saturated rings. The highest BCUT2D eigenvalue weighted by Gasteiger charge is 2.09. The third-order valence-electron chi connectivity index (χ3n) is 3.50. The van der Waals surface area contributed by atoms with Gasteiger partial charge in [-0.2, -0.15) is 5.10 Å². The van der Waals surface area contributed by atoms with Gasteiger partial charge in [-0.15, -0.1) is 0 Å². The zero-order chi connectivity index (χ0) is 13.5. The maximum Gasteiger partial charge on any atom is 0.0762 e. The summed E-state index contributed by atoms with van der Waals surface area (Å²) in [7, 11) is 0. The summed E-state index contributed by atoms with van der Waals surface area (Å²) in [5.74, 6) is 0. The SMILES string of the molecule is Nc1cccc2c1cnn2-c1cccc2ncccc12. The van der Waals surface area contributed by atoms with Crippen LogP contribution in [0.25, 0.3) is 27.5 Å². The normalized spacial score (nSPS) is 11.2. The predicted octanol–water partition coefficient (Wildman–Crippen LogP) is 3.16. The standard InChI is InChI=1S/C16H12N4/c17-13-5-1-7-16-12(13)10-19-20(16)15-8-2-6-14-11(15)4-3-9-18-14/h1-10H,17H2. The summed E-state index contributed by atoms with van der Waals surface area (Å²) >= 11 is 0. The lowest BCUT2D eigenvalue weighted by molar-refractivity contribution is 0.918. The Morgan fingerprint density at radius 1 is 0.900 bits per heavy atom. The highest BCUT2D eigenvalue weighted by atomic mass is 15.3. The number of nitrogens with zero attached hydrogens (tertiary/aromatic N) is 3. The Labute approximate surface area is 115 Å². The summed E-state index contributed by atoms with van der Waals surface area (Å²) in [4.78, 5) is 4.38. The molecule has 2 aromatic heterocycles. The Hall–Kier alpha value is -2.88. The molecular weight excluding hydrogens is 248 g/mol. The number of pyridine rings is 1. The molecule has 0 atom stereocenters. The van der Waals surface area contributed by atoms with Crippen LogP contribution in [0.4, 0.5) is 5.69 Å². The molecule has 0 bridgehead atoms. The zero-order valence-corrected chi connectivity index (χ0v) is 10.7. The van der Waals surface area contributed by atoms with E-state index < -0.39 is 0 Å². The maximum absolute atomic E-state index is 5.99. The van der Waals surface area contributed by atoms with Crippen molar-refractivity contribution in [3.63, 3.8) is 0 Å². The molecular formula is C16H12N4. The fraction of sp³-hybridized carbons (Fsp3) is 0. The molecule has 0 aliphatic carbocycles. The number of hydrogen-bond acceptors (Lipinski definition) is 3. The number of aromatic nitrogens is 3. The van der Waals surface area contributed by atoms with Gasteiger partial charge in [0.15, 0.2) is 0 Å². The molecule has 96 valence electrons. The van der Waals surface area contributed by atoms with Crippen LogP contribution in [0.5, 0.6) is 0 Å². The van der Waals surface area contributed by atoms with Gasteiger partial charge in [0.25, 0.3) is 0 Å². The number of hydrogen-bond donors (Lipinski definition) is 1. The lowest BCUT2D eigenvalue weighted by Crippen LogP contribution is -1.97. The van der Waals surface area contributed by atoms with E-state index in [2.05, 4.69) is 16.1 Å². The monoisotopic (exact) mass is 260 g/mol. The van der Waals surface area contributed by atoms with E-state index in [0.29, 0.717) is 0 Å². The van der Waals surface area contributed by atoms with Crippen molar-refractivity contribution in [3.05, 3.63) is 60.9 Å². The molecule has 4 aromatic rings. The topological polar surface area (TPSA) is 56.7 Å². The van der Waals surface area contributed by atoms with Gasteiger partial charge in [-0.1, -0.05) is 12.1 Å². The van der Waals surface area contributed by atoms with Gasteiger partial charge in [0.05, 0.1) is 22.9 Å². The van der Waals surface area contributed by atoms with Crippen LogP contribution in [0, 0.1) is 0 Å². The Kier molecular flexibility index (Phi) is 2.23. The number of nitrogens with two attached hydrogens (primary N) is 1. The van der Waals surface area contributed by atoms with Gasteiger partial charge >= 0.3 is 0 Å². The summed E-state index contributed by atoms with van der Waals surface area (Å²) in [6.45, 7) is 0. The van der Waals surface area contributed by atoms with E-state index in [1.165, 1.54) is 0 Å². The summed E-state index contributed by atoms with van der Waals surface area (Å²) in [6.07, 6.45) is 3.60. The van der Waals surface area contributed by atoms with Gasteiger partial charge in [-0.3, -0.25) is 4.98 Å². The molecule has 0 unspecified atom stereocenters. The van der Waals surface area contributed by atoms with Gasteiger partial charge < -0.3 is 5.73 Å². The second kappa shape index (κ2) is 4.06. The molecule has 2 heterocycles. The molecule has 4 rings (SSSR count). The van der Waals surface area contributed by atoms with Crippen molar-refractivity contribution in [3.8, 4) is 5.69 Å². The van der Waals surface area contributed by atoms with Crippen LogP contribution in [-0.4, -0.2) is 14.8 Å². The average Bonchev–Trinajstić information content (AvgIpc) is 2.92. The molecule has 4 heteroatoms. The molecule has 0 saturated heterocycles. The predicted molar refractivity (Wildman–Crippen MR) is 80.8 cm³/mol. The molecule has 0 saturated carbocycles. The Balaban J connectivity index is 2.09. The van der Waals surface area contributed by atoms with Gasteiger partial charge in [0.2, 0.25) is 0 Å². The van der Waals surface area contributed by atoms with Gasteiger partial charge in [0.1, 0.15) is 0 Å². The molecule has 0 aliphatic heterocycles. The van der Waals surface area contributed by atoms with Crippen molar-refractivity contribution in [2.75, 3.05) is 5.73 Å². The summed E-state index contributed by atoms with van der Waals surface area (Å²) in [5.41, 5.74) is 9.70. The van der Waals surface area contributed by atoms with Gasteiger partial charge in [0, 0.05) is 22.7 Å². The summed E-state index contributed by atoms with van der Waals surface area (Å²) in [6, 6.07) is 15.9. The average molecular weight is 260 g/mol. The summed E-state index contributed by atoms with van der Waals surface area (Å²) in [5, 5.41) is 6.52. The minimum absolute atomic E-state index is 0.743. The molecule has 0 amide bonds. The molecule has 0 spiro atoms. The minimum atomic E-state index is 0.743. The molecule has 0 aliphatic rings. The van der Waals surface area contributed by atoms with Crippen LogP contribution >= 0.6 is 0 Å². The van der Waals surface area contributed by atoms with E-state index in [9.17, 15) is 0 Å². The van der Waals surface area contributed by atoms with E-state index in [1.54, 1.807) is 12.4 Å². The van der Waals surface area contributed by atoms with Crippen molar-refractivity contribution >= 4 is 27.5 Å². The molecule has 2 N–H and O–H groups in total. The largest absolute Gasteiger partial charge is 0.398 e. The van der Waals surface area contributed by atoms with E-state index in [4.69, 9.17) is 5.73 Å².